The molecule has 0 aromatic carbocycles. The van der Waals surface area contributed by atoms with Gasteiger partial charge in [0.15, 0.2) is 0 Å². The lowest BCUT2D eigenvalue weighted by Gasteiger charge is -2.26. The van der Waals surface area contributed by atoms with Gasteiger partial charge >= 0.3 is 5.97 Å². The first-order valence-electron chi connectivity index (χ1n) is 4.55. The van der Waals surface area contributed by atoms with E-state index >= 15 is 0 Å². The Balaban J connectivity index is 2.85. The van der Waals surface area contributed by atoms with Crippen LogP contribution in [0, 0.1) is 5.92 Å². The van der Waals surface area contributed by atoms with Crippen LogP contribution in [0.5, 0.6) is 0 Å². The van der Waals surface area contributed by atoms with Crippen LogP contribution >= 0.6 is 0 Å². The molecule has 0 spiro atoms. The molecule has 0 aliphatic carbocycles. The molecule has 80 valence electrons. The number of likely N-dealkylation sites (tertiary alicyclic amines) is 1. The number of methoxy groups -OCH3 is 1. The Bertz CT molecular complexity index is 267. The Hall–Kier alpha value is -1.10. The lowest BCUT2D eigenvalue weighted by Crippen LogP contribution is -2.55. The van der Waals surface area contributed by atoms with E-state index in [0.717, 1.165) is 0 Å². The Morgan fingerprint density at radius 2 is 2.29 bits per heavy atom. The van der Waals surface area contributed by atoms with Crippen molar-refractivity contribution in [1.29, 1.82) is 0 Å². The monoisotopic (exact) mass is 200 g/mol. The molecule has 2 unspecified atom stereocenters. The number of carbonyl (C=O) groups excluding carboxylic acids is 2. The number of carbonyl (C=O) groups is 2. The van der Waals surface area contributed by atoms with Crippen LogP contribution in [-0.4, -0.2) is 43.0 Å². The number of esters is 1. The molecule has 2 atom stereocenters. The molecule has 1 rings (SSSR count). The maximum atomic E-state index is 11.7. The van der Waals surface area contributed by atoms with Crippen molar-refractivity contribution in [3.8, 4) is 0 Å². The minimum Gasteiger partial charge on any atom is -0.469 e. The van der Waals surface area contributed by atoms with Gasteiger partial charge in [0.1, 0.15) is 5.54 Å². The van der Waals surface area contributed by atoms with Crippen LogP contribution in [0.1, 0.15) is 13.3 Å². The predicted molar refractivity (Wildman–Crippen MR) is 50.4 cm³/mol. The van der Waals surface area contributed by atoms with E-state index in [1.165, 1.54) is 7.11 Å². The fourth-order valence-electron chi connectivity index (χ4n) is 1.71. The number of nitrogens with two attached hydrogens (primary N) is 1. The Labute approximate surface area is 83.2 Å². The number of likely N-dealkylation sites (N-methyl/N-ethyl adjacent to an activating group) is 1. The zero-order valence-electron chi connectivity index (χ0n) is 8.74. The first kappa shape index (κ1) is 11.0. The van der Waals surface area contributed by atoms with Gasteiger partial charge in [-0.1, -0.05) is 0 Å². The second-order valence-electron chi connectivity index (χ2n) is 3.76. The van der Waals surface area contributed by atoms with Crippen molar-refractivity contribution in [1.82, 2.24) is 4.90 Å². The van der Waals surface area contributed by atoms with Gasteiger partial charge in [0.25, 0.3) is 0 Å². The lowest BCUT2D eigenvalue weighted by molar-refractivity contribution is -0.150. The van der Waals surface area contributed by atoms with Crippen LogP contribution in [0.15, 0.2) is 0 Å². The van der Waals surface area contributed by atoms with Crippen molar-refractivity contribution < 1.29 is 14.3 Å². The smallest absolute Gasteiger partial charge is 0.310 e. The third-order valence-electron chi connectivity index (χ3n) is 2.93. The van der Waals surface area contributed by atoms with Crippen molar-refractivity contribution in [2.24, 2.45) is 11.7 Å². The highest BCUT2D eigenvalue weighted by atomic mass is 16.5. The number of nitrogens with zero attached hydrogens (tertiary/aromatic N) is 1. The van der Waals surface area contributed by atoms with Gasteiger partial charge in [-0.15, -0.1) is 0 Å². The summed E-state index contributed by atoms with van der Waals surface area (Å²) in [7, 11) is 2.98. The number of amides is 1. The van der Waals surface area contributed by atoms with Gasteiger partial charge in [0.2, 0.25) is 5.91 Å². The lowest BCUT2D eigenvalue weighted by atomic mass is 9.84. The summed E-state index contributed by atoms with van der Waals surface area (Å²) in [4.78, 5) is 24.5. The summed E-state index contributed by atoms with van der Waals surface area (Å²) in [5, 5.41) is 0. The highest BCUT2D eigenvalue weighted by molar-refractivity contribution is 5.93. The van der Waals surface area contributed by atoms with E-state index in [4.69, 9.17) is 5.73 Å². The largest absolute Gasteiger partial charge is 0.469 e. The molecule has 1 fully saturated rings. The van der Waals surface area contributed by atoms with Gasteiger partial charge in [-0.25, -0.2) is 0 Å². The second kappa shape index (κ2) is 3.57. The van der Waals surface area contributed by atoms with E-state index in [1.807, 2.05) is 0 Å². The molecule has 5 heteroatoms. The van der Waals surface area contributed by atoms with Crippen LogP contribution in [-0.2, 0) is 14.3 Å². The number of hydrogen-bond acceptors (Lipinski definition) is 4. The van der Waals surface area contributed by atoms with E-state index in [9.17, 15) is 9.59 Å². The maximum absolute atomic E-state index is 11.7. The summed E-state index contributed by atoms with van der Waals surface area (Å²) in [5.74, 6) is -1.21. The van der Waals surface area contributed by atoms with Crippen molar-refractivity contribution in [2.45, 2.75) is 18.9 Å². The quantitative estimate of drug-likeness (QED) is 0.601. The molecule has 2 N–H and O–H groups in total. The van der Waals surface area contributed by atoms with Crippen LogP contribution in [0.3, 0.4) is 0 Å². The van der Waals surface area contributed by atoms with E-state index in [0.29, 0.717) is 13.0 Å². The van der Waals surface area contributed by atoms with Gasteiger partial charge in [-0.2, -0.15) is 0 Å². The van der Waals surface area contributed by atoms with Crippen LogP contribution in [0.25, 0.3) is 0 Å². The van der Waals surface area contributed by atoms with E-state index in [-0.39, 0.29) is 5.91 Å². The highest BCUT2D eigenvalue weighted by Crippen LogP contribution is 2.27. The molecule has 1 aliphatic heterocycles. The topological polar surface area (TPSA) is 72.6 Å². The van der Waals surface area contributed by atoms with Crippen LogP contribution in [0.4, 0.5) is 0 Å². The number of ether oxygens (including phenoxy) is 1. The molecule has 1 aliphatic rings. The molecule has 5 nitrogen and oxygen atoms in total. The SMILES string of the molecule is COC(=O)C(C)C1(N)CCN(C)C1=O. The minimum atomic E-state index is -1.08. The van der Waals surface area contributed by atoms with Gasteiger partial charge in [-0.05, 0) is 13.3 Å². The third-order valence-corrected chi connectivity index (χ3v) is 2.93. The second-order valence-corrected chi connectivity index (χ2v) is 3.76. The Morgan fingerprint density at radius 1 is 1.71 bits per heavy atom. The summed E-state index contributed by atoms with van der Waals surface area (Å²) >= 11 is 0. The summed E-state index contributed by atoms with van der Waals surface area (Å²) in [6.45, 7) is 2.22. The average Bonchev–Trinajstić information content (AvgIpc) is 2.45. The standard InChI is InChI=1S/C9H16N2O3/c1-6(7(12)14-3)9(10)4-5-11(2)8(9)13/h6H,4-5,10H2,1-3H3. The number of rotatable bonds is 2. The molecule has 0 bridgehead atoms. The molecule has 0 saturated carbocycles. The minimum absolute atomic E-state index is 0.185. The maximum Gasteiger partial charge on any atom is 0.310 e. The third kappa shape index (κ3) is 1.48. The Kier molecular flexibility index (Phi) is 2.80. The summed E-state index contributed by atoms with van der Waals surface area (Å²) < 4.78 is 4.58. The molecule has 1 heterocycles. The van der Waals surface area contributed by atoms with E-state index < -0.39 is 17.4 Å². The Morgan fingerprint density at radius 3 is 2.64 bits per heavy atom. The van der Waals surface area contributed by atoms with Crippen molar-refractivity contribution in [3.05, 3.63) is 0 Å². The summed E-state index contributed by atoms with van der Waals surface area (Å²) in [6.07, 6.45) is 0.499. The molecule has 0 radical (unpaired) electrons. The normalized spacial score (nSPS) is 29.1. The zero-order chi connectivity index (χ0) is 10.9. The molecule has 0 aromatic rings. The molecular formula is C9H16N2O3. The van der Waals surface area contributed by atoms with Crippen molar-refractivity contribution in [2.75, 3.05) is 20.7 Å². The molecule has 14 heavy (non-hydrogen) atoms. The van der Waals surface area contributed by atoms with Crippen LogP contribution < -0.4 is 5.73 Å². The molecule has 0 aromatic heterocycles. The van der Waals surface area contributed by atoms with Gasteiger partial charge in [-0.3, -0.25) is 9.59 Å². The van der Waals surface area contributed by atoms with Gasteiger partial charge < -0.3 is 15.4 Å². The molecule has 1 amide bonds. The van der Waals surface area contributed by atoms with E-state index in [2.05, 4.69) is 4.74 Å². The zero-order valence-corrected chi connectivity index (χ0v) is 8.74. The summed E-state index contributed by atoms with van der Waals surface area (Å²) in [5.41, 5.74) is 4.84. The number of hydrogen-bond donors (Lipinski definition) is 1. The van der Waals surface area contributed by atoms with E-state index in [1.54, 1.807) is 18.9 Å². The predicted octanol–water partition coefficient (Wildman–Crippen LogP) is -0.645. The van der Waals surface area contributed by atoms with Gasteiger partial charge in [0, 0.05) is 13.6 Å². The van der Waals surface area contributed by atoms with Crippen LogP contribution in [0.2, 0.25) is 0 Å². The fourth-order valence-corrected chi connectivity index (χ4v) is 1.71. The first-order valence-corrected chi connectivity index (χ1v) is 4.55. The fraction of sp³-hybridized carbons (Fsp3) is 0.778. The van der Waals surface area contributed by atoms with Crippen molar-refractivity contribution in [3.63, 3.8) is 0 Å². The summed E-state index contributed by atoms with van der Waals surface area (Å²) in [6, 6.07) is 0. The average molecular weight is 200 g/mol. The van der Waals surface area contributed by atoms with Crippen molar-refractivity contribution >= 4 is 11.9 Å². The molecule has 1 saturated heterocycles. The first-order chi connectivity index (χ1) is 6.43. The highest BCUT2D eigenvalue weighted by Gasteiger charge is 2.49. The molecular weight excluding hydrogens is 184 g/mol. The van der Waals surface area contributed by atoms with Gasteiger partial charge in [0.05, 0.1) is 13.0 Å².